The van der Waals surface area contributed by atoms with Gasteiger partial charge in [0.25, 0.3) is 0 Å². The van der Waals surface area contributed by atoms with E-state index in [1.165, 1.54) is 19.4 Å². The number of thiazole rings is 1. The number of esters is 1. The Balaban J connectivity index is 2.29. The van der Waals surface area contributed by atoms with E-state index in [1.807, 2.05) is 0 Å². The molecule has 6 heteroatoms. The summed E-state index contributed by atoms with van der Waals surface area (Å²) in [6, 6.07) is 6.38. The predicted octanol–water partition coefficient (Wildman–Crippen LogP) is 2.84. The minimum absolute atomic E-state index is 0.338. The van der Waals surface area contributed by atoms with Crippen LogP contribution in [-0.2, 0) is 4.74 Å². The van der Waals surface area contributed by atoms with Gasteiger partial charge in [-0.2, -0.15) is 0 Å². The van der Waals surface area contributed by atoms with Crippen molar-refractivity contribution in [2.45, 2.75) is 0 Å². The number of hydrogen-bond acceptors (Lipinski definition) is 5. The van der Waals surface area contributed by atoms with E-state index < -0.39 is 5.97 Å². The molecule has 2 rings (SSSR count). The monoisotopic (exact) mass is 266 g/mol. The molecule has 0 aliphatic heterocycles. The summed E-state index contributed by atoms with van der Waals surface area (Å²) < 4.78 is 18.2. The SMILES string of the molecule is COC(=O)c1cnc(N(C)c2ccccc2F)s1. The number of aromatic nitrogens is 1. The van der Waals surface area contributed by atoms with Crippen molar-refractivity contribution in [3.8, 4) is 0 Å². The van der Waals surface area contributed by atoms with E-state index in [1.54, 1.807) is 30.1 Å². The van der Waals surface area contributed by atoms with E-state index in [0.717, 1.165) is 11.3 Å². The van der Waals surface area contributed by atoms with E-state index in [9.17, 15) is 9.18 Å². The number of para-hydroxylation sites is 1. The molecule has 0 N–H and O–H groups in total. The number of rotatable bonds is 3. The van der Waals surface area contributed by atoms with Crippen LogP contribution in [0.1, 0.15) is 9.67 Å². The van der Waals surface area contributed by atoms with Gasteiger partial charge in [-0.15, -0.1) is 0 Å². The minimum atomic E-state index is -0.444. The van der Waals surface area contributed by atoms with Gasteiger partial charge in [0.1, 0.15) is 10.7 Å². The van der Waals surface area contributed by atoms with E-state index in [4.69, 9.17) is 0 Å². The third kappa shape index (κ3) is 2.33. The highest BCUT2D eigenvalue weighted by atomic mass is 32.1. The number of carbonyl (C=O) groups is 1. The first kappa shape index (κ1) is 12.5. The fraction of sp³-hybridized carbons (Fsp3) is 0.167. The Labute approximate surface area is 108 Å². The second-order valence-electron chi connectivity index (χ2n) is 3.51. The van der Waals surface area contributed by atoms with Crippen molar-refractivity contribution in [1.82, 2.24) is 4.98 Å². The van der Waals surface area contributed by atoms with Crippen LogP contribution >= 0.6 is 11.3 Å². The number of anilines is 2. The van der Waals surface area contributed by atoms with Crippen molar-refractivity contribution in [3.63, 3.8) is 0 Å². The van der Waals surface area contributed by atoms with Crippen molar-refractivity contribution < 1.29 is 13.9 Å². The topological polar surface area (TPSA) is 42.4 Å². The summed E-state index contributed by atoms with van der Waals surface area (Å²) in [5.74, 6) is -0.782. The molecule has 0 amide bonds. The molecule has 94 valence electrons. The maximum Gasteiger partial charge on any atom is 0.349 e. The molecule has 1 heterocycles. The van der Waals surface area contributed by atoms with Gasteiger partial charge < -0.3 is 9.64 Å². The summed E-state index contributed by atoms with van der Waals surface area (Å²) in [4.78, 5) is 17.4. The molecule has 0 aliphatic carbocycles. The molecule has 1 aromatic carbocycles. The molecule has 2 aromatic rings. The first-order chi connectivity index (χ1) is 8.63. The van der Waals surface area contributed by atoms with Crippen molar-refractivity contribution >= 4 is 28.1 Å². The highest BCUT2D eigenvalue weighted by Gasteiger charge is 2.15. The van der Waals surface area contributed by atoms with Crippen LogP contribution in [0.2, 0.25) is 0 Å². The third-order valence-electron chi connectivity index (χ3n) is 2.38. The van der Waals surface area contributed by atoms with Gasteiger partial charge in [0, 0.05) is 7.05 Å². The molecule has 0 radical (unpaired) electrons. The zero-order valence-corrected chi connectivity index (χ0v) is 10.7. The van der Waals surface area contributed by atoms with Gasteiger partial charge in [-0.05, 0) is 12.1 Å². The standard InChI is InChI=1S/C12H11FN2O2S/c1-15(9-6-4-3-5-8(9)13)12-14-7-10(18-12)11(16)17-2/h3-7H,1-2H3. The molecule has 0 spiro atoms. The lowest BCUT2D eigenvalue weighted by atomic mass is 10.3. The number of hydrogen-bond donors (Lipinski definition) is 0. The van der Waals surface area contributed by atoms with Gasteiger partial charge in [-0.1, -0.05) is 23.5 Å². The van der Waals surface area contributed by atoms with Crippen LogP contribution in [-0.4, -0.2) is 25.1 Å². The van der Waals surface area contributed by atoms with Gasteiger partial charge in [0.2, 0.25) is 0 Å². The lowest BCUT2D eigenvalue weighted by Gasteiger charge is -2.16. The largest absolute Gasteiger partial charge is 0.465 e. The Morgan fingerprint density at radius 2 is 2.17 bits per heavy atom. The number of methoxy groups -OCH3 is 1. The van der Waals surface area contributed by atoms with Gasteiger partial charge in [-0.25, -0.2) is 14.2 Å². The first-order valence-electron chi connectivity index (χ1n) is 5.16. The maximum atomic E-state index is 13.6. The average Bonchev–Trinajstić information content (AvgIpc) is 2.87. The van der Waals surface area contributed by atoms with Crippen LogP contribution < -0.4 is 4.90 Å². The van der Waals surface area contributed by atoms with Gasteiger partial charge in [-0.3, -0.25) is 0 Å². The zero-order valence-electron chi connectivity index (χ0n) is 9.88. The average molecular weight is 266 g/mol. The summed E-state index contributed by atoms with van der Waals surface area (Å²) in [5, 5.41) is 0.528. The van der Waals surface area contributed by atoms with Crippen LogP contribution in [0.15, 0.2) is 30.5 Å². The van der Waals surface area contributed by atoms with Crippen LogP contribution in [0.5, 0.6) is 0 Å². The molecule has 0 unspecified atom stereocenters. The van der Waals surface area contributed by atoms with Crippen LogP contribution in [0.4, 0.5) is 15.2 Å². The zero-order chi connectivity index (χ0) is 13.1. The summed E-state index contributed by atoms with van der Waals surface area (Å²) in [6.07, 6.45) is 1.42. The lowest BCUT2D eigenvalue weighted by molar-refractivity contribution is 0.0606. The normalized spacial score (nSPS) is 10.2. The third-order valence-corrected chi connectivity index (χ3v) is 3.43. The second kappa shape index (κ2) is 5.14. The Hall–Kier alpha value is -1.95. The summed E-state index contributed by atoms with van der Waals surface area (Å²) in [6.45, 7) is 0. The second-order valence-corrected chi connectivity index (χ2v) is 4.52. The van der Waals surface area contributed by atoms with Crippen molar-refractivity contribution in [1.29, 1.82) is 0 Å². The molecule has 0 fully saturated rings. The van der Waals surface area contributed by atoms with Gasteiger partial charge >= 0.3 is 5.97 Å². The Bertz CT molecular complexity index is 571. The summed E-state index contributed by atoms with van der Waals surface area (Å²) in [5.41, 5.74) is 0.406. The van der Waals surface area contributed by atoms with E-state index in [-0.39, 0.29) is 5.82 Å². The first-order valence-corrected chi connectivity index (χ1v) is 5.97. The highest BCUT2D eigenvalue weighted by Crippen LogP contribution is 2.29. The quantitative estimate of drug-likeness (QED) is 0.801. The Morgan fingerprint density at radius 3 is 2.83 bits per heavy atom. The summed E-state index contributed by atoms with van der Waals surface area (Å²) >= 11 is 1.15. The predicted molar refractivity (Wildman–Crippen MR) is 67.9 cm³/mol. The molecule has 1 aromatic heterocycles. The molecule has 18 heavy (non-hydrogen) atoms. The maximum absolute atomic E-state index is 13.6. The Morgan fingerprint density at radius 1 is 1.44 bits per heavy atom. The van der Waals surface area contributed by atoms with Gasteiger partial charge in [0.05, 0.1) is 19.0 Å². The number of carbonyl (C=O) groups excluding carboxylic acids is 1. The number of ether oxygens (including phenoxy) is 1. The van der Waals surface area contributed by atoms with Crippen molar-refractivity contribution in [2.24, 2.45) is 0 Å². The van der Waals surface area contributed by atoms with Crippen LogP contribution in [0.25, 0.3) is 0 Å². The number of nitrogens with zero attached hydrogens (tertiary/aromatic N) is 2. The van der Waals surface area contributed by atoms with Crippen LogP contribution in [0, 0.1) is 5.82 Å². The lowest BCUT2D eigenvalue weighted by Crippen LogP contribution is -2.10. The number of benzene rings is 1. The molecular formula is C12H11FN2O2S. The molecular weight excluding hydrogens is 255 g/mol. The Kier molecular flexibility index (Phi) is 3.57. The molecule has 0 bridgehead atoms. The van der Waals surface area contributed by atoms with Crippen molar-refractivity contribution in [3.05, 3.63) is 41.2 Å². The number of halogens is 1. The molecule has 0 saturated heterocycles. The van der Waals surface area contributed by atoms with E-state index >= 15 is 0 Å². The van der Waals surface area contributed by atoms with Crippen molar-refractivity contribution in [2.75, 3.05) is 19.1 Å². The smallest absolute Gasteiger partial charge is 0.349 e. The van der Waals surface area contributed by atoms with Gasteiger partial charge in [0.15, 0.2) is 5.13 Å². The highest BCUT2D eigenvalue weighted by molar-refractivity contribution is 7.17. The molecule has 0 saturated carbocycles. The molecule has 0 atom stereocenters. The van der Waals surface area contributed by atoms with E-state index in [0.29, 0.717) is 15.7 Å². The van der Waals surface area contributed by atoms with Crippen LogP contribution in [0.3, 0.4) is 0 Å². The fourth-order valence-electron chi connectivity index (χ4n) is 1.44. The summed E-state index contributed by atoms with van der Waals surface area (Å²) in [7, 11) is 3.00. The molecule has 4 nitrogen and oxygen atoms in total. The van der Waals surface area contributed by atoms with E-state index in [2.05, 4.69) is 9.72 Å². The minimum Gasteiger partial charge on any atom is -0.465 e. The molecule has 0 aliphatic rings. The fourth-order valence-corrected chi connectivity index (χ4v) is 2.25.